The summed E-state index contributed by atoms with van der Waals surface area (Å²) in [6.45, 7) is 16.4. The van der Waals surface area contributed by atoms with Gasteiger partial charge in [-0.05, 0) is 147 Å². The first-order chi connectivity index (χ1) is 31.1. The van der Waals surface area contributed by atoms with Crippen LogP contribution in [0.3, 0.4) is 0 Å². The highest BCUT2D eigenvalue weighted by molar-refractivity contribution is 8.31. The molecule has 6 heteroatoms. The second kappa shape index (κ2) is 18.9. The zero-order valence-corrected chi connectivity index (χ0v) is 38.4. The molecular formula is C58H54O4S2. The van der Waals surface area contributed by atoms with E-state index in [0.717, 1.165) is 64.8 Å². The van der Waals surface area contributed by atoms with Crippen LogP contribution in [0.5, 0.6) is 23.0 Å². The number of benzene rings is 8. The average molecular weight is 879 g/mol. The molecule has 0 fully saturated rings. The third-order valence-corrected chi connectivity index (χ3v) is 18.7. The van der Waals surface area contributed by atoms with E-state index in [1.54, 1.807) is 0 Å². The fraction of sp³-hybridized carbons (Fsp3) is 0.103. The summed E-state index contributed by atoms with van der Waals surface area (Å²) in [4.78, 5) is 2.58. The molecule has 64 heavy (non-hydrogen) atoms. The minimum atomic E-state index is -2.35. The Balaban J connectivity index is 1.10. The highest BCUT2D eigenvalue weighted by atomic mass is 32.3. The molecule has 0 aliphatic carbocycles. The Morgan fingerprint density at radius 1 is 0.328 bits per heavy atom. The van der Waals surface area contributed by atoms with E-state index < -0.39 is 30.5 Å². The molecule has 0 aliphatic heterocycles. The summed E-state index contributed by atoms with van der Waals surface area (Å²) in [6.07, 6.45) is 3.67. The maximum atomic E-state index is 7.39. The number of hydrogen-bond donors (Lipinski definition) is 0. The molecule has 4 nitrogen and oxygen atoms in total. The molecule has 0 saturated heterocycles. The first-order valence-corrected chi connectivity index (χ1v) is 24.5. The van der Waals surface area contributed by atoms with E-state index in [9.17, 15) is 0 Å². The molecule has 0 saturated carbocycles. The van der Waals surface area contributed by atoms with Gasteiger partial charge in [0.25, 0.3) is 0 Å². The molecular weight excluding hydrogens is 825 g/mol. The predicted molar refractivity (Wildman–Crippen MR) is 270 cm³/mol. The summed E-state index contributed by atoms with van der Waals surface area (Å²) in [7, 11) is -4.68. The van der Waals surface area contributed by atoms with E-state index in [1.807, 2.05) is 97.1 Å². The molecule has 0 radical (unpaired) electrons. The normalized spacial score (nSPS) is 12.4. The zero-order chi connectivity index (χ0) is 44.6. The molecule has 8 aromatic rings. The van der Waals surface area contributed by atoms with Crippen molar-refractivity contribution < 1.29 is 17.8 Å². The fourth-order valence-corrected chi connectivity index (χ4v) is 15.0. The van der Waals surface area contributed by atoms with Gasteiger partial charge in [0, 0.05) is 40.2 Å². The van der Waals surface area contributed by atoms with Gasteiger partial charge < -0.3 is 17.8 Å². The minimum Gasteiger partial charge on any atom is -0.475 e. The predicted octanol–water partition coefficient (Wildman–Crippen LogP) is 16.7. The van der Waals surface area contributed by atoms with E-state index >= 15 is 0 Å². The number of rotatable bonds is 17. The second-order valence-electron chi connectivity index (χ2n) is 16.1. The molecule has 0 bridgehead atoms. The molecule has 8 rings (SSSR count). The fourth-order valence-electron chi connectivity index (χ4n) is 7.97. The standard InChI is InChI=1S/C58H54O4S2/c1-7-45-29-37-49(38-30-45)59-57(3,4)64(55-25-17-11-18-26-55,56-27-19-12-20-28-56)62-52-43-35-48(36-44-52)47-33-41-50(42-34-47)60-58(5,6)63(53-21-13-9-14-22-53,54-23-15-10-16-24-54)61-51-39-31-46(8-2)32-40-51/h7-44H,1-2H2,3-6H3. The van der Waals surface area contributed by atoms with Crippen molar-refractivity contribution >= 4 is 32.8 Å². The van der Waals surface area contributed by atoms with Crippen LogP contribution in [0.15, 0.2) is 251 Å². The van der Waals surface area contributed by atoms with E-state index in [4.69, 9.17) is 17.8 Å². The Morgan fingerprint density at radius 3 is 0.859 bits per heavy atom. The van der Waals surface area contributed by atoms with E-state index in [2.05, 4.69) is 174 Å². The highest BCUT2D eigenvalue weighted by Gasteiger charge is 2.49. The van der Waals surface area contributed by atoms with Crippen LogP contribution in [0, 0.1) is 0 Å². The molecule has 0 aliphatic rings. The number of hydrogen-bond acceptors (Lipinski definition) is 4. The first kappa shape index (κ1) is 43.8. The van der Waals surface area contributed by atoms with Gasteiger partial charge in [0.2, 0.25) is 0 Å². The average Bonchev–Trinajstić information content (AvgIpc) is 3.34. The molecule has 8 aromatic carbocycles. The molecule has 0 atom stereocenters. The lowest BCUT2D eigenvalue weighted by atomic mass is 10.1. The van der Waals surface area contributed by atoms with Crippen molar-refractivity contribution in [3.63, 3.8) is 0 Å². The van der Waals surface area contributed by atoms with Crippen LogP contribution >= 0.6 is 20.6 Å². The van der Waals surface area contributed by atoms with Crippen LogP contribution in [0.25, 0.3) is 23.3 Å². The summed E-state index contributed by atoms with van der Waals surface area (Å²) in [5.74, 6) is 3.00. The van der Waals surface area contributed by atoms with Crippen LogP contribution in [0.4, 0.5) is 0 Å². The molecule has 0 unspecified atom stereocenters. The Hall–Kier alpha value is -6.86. The number of ether oxygens (including phenoxy) is 2. The van der Waals surface area contributed by atoms with Gasteiger partial charge in [0.15, 0.2) is 9.87 Å². The minimum absolute atomic E-state index is 0.739. The van der Waals surface area contributed by atoms with E-state index in [1.165, 1.54) is 0 Å². The van der Waals surface area contributed by atoms with Crippen molar-refractivity contribution in [2.45, 2.75) is 57.1 Å². The van der Waals surface area contributed by atoms with Gasteiger partial charge >= 0.3 is 0 Å². The van der Waals surface area contributed by atoms with E-state index in [0.29, 0.717) is 0 Å². The quantitative estimate of drug-likeness (QED) is 0.0913. The van der Waals surface area contributed by atoms with Crippen molar-refractivity contribution in [3.05, 3.63) is 243 Å². The summed E-state index contributed by atoms with van der Waals surface area (Å²) in [6, 6.07) is 74.5. The summed E-state index contributed by atoms with van der Waals surface area (Å²) >= 11 is 0. The summed E-state index contributed by atoms with van der Waals surface area (Å²) < 4.78 is 28.7. The monoisotopic (exact) mass is 878 g/mol. The lowest BCUT2D eigenvalue weighted by Gasteiger charge is -2.50. The van der Waals surface area contributed by atoms with Crippen molar-refractivity contribution in [2.75, 3.05) is 0 Å². The van der Waals surface area contributed by atoms with Crippen LogP contribution in [-0.2, 0) is 0 Å². The van der Waals surface area contributed by atoms with Crippen molar-refractivity contribution in [3.8, 4) is 34.1 Å². The van der Waals surface area contributed by atoms with Crippen molar-refractivity contribution in [2.24, 2.45) is 0 Å². The smallest absolute Gasteiger partial charge is 0.171 e. The first-order valence-electron chi connectivity index (χ1n) is 21.4. The van der Waals surface area contributed by atoms with Gasteiger partial charge in [-0.3, -0.25) is 0 Å². The molecule has 0 heterocycles. The van der Waals surface area contributed by atoms with Gasteiger partial charge in [-0.1, -0.05) is 147 Å². The van der Waals surface area contributed by atoms with Gasteiger partial charge in [-0.15, -0.1) is 0 Å². The Bertz CT molecular complexity index is 2680. The van der Waals surface area contributed by atoms with Crippen LogP contribution in [0.2, 0.25) is 0 Å². The Kier molecular flexibility index (Phi) is 12.9. The van der Waals surface area contributed by atoms with Gasteiger partial charge in [-0.25, -0.2) is 0 Å². The second-order valence-corrected chi connectivity index (χ2v) is 22.5. The maximum absolute atomic E-state index is 7.39. The van der Waals surface area contributed by atoms with E-state index in [-0.39, 0.29) is 0 Å². The Morgan fingerprint density at radius 2 is 0.578 bits per heavy atom. The lowest BCUT2D eigenvalue weighted by Crippen LogP contribution is -2.38. The largest absolute Gasteiger partial charge is 0.475 e. The van der Waals surface area contributed by atoms with Crippen molar-refractivity contribution in [1.82, 2.24) is 0 Å². The van der Waals surface area contributed by atoms with Gasteiger partial charge in [-0.2, -0.15) is 0 Å². The molecule has 0 aromatic heterocycles. The third-order valence-electron chi connectivity index (χ3n) is 11.1. The van der Waals surface area contributed by atoms with Crippen LogP contribution in [0.1, 0.15) is 38.8 Å². The van der Waals surface area contributed by atoms with Crippen molar-refractivity contribution in [1.29, 1.82) is 0 Å². The van der Waals surface area contributed by atoms with Crippen LogP contribution in [-0.4, -0.2) is 9.87 Å². The van der Waals surface area contributed by atoms with Gasteiger partial charge in [0.05, 0.1) is 0 Å². The summed E-state index contributed by atoms with van der Waals surface area (Å²) in [5, 5.41) is 0. The zero-order valence-electron chi connectivity index (χ0n) is 36.8. The van der Waals surface area contributed by atoms with Gasteiger partial charge in [0.1, 0.15) is 23.0 Å². The maximum Gasteiger partial charge on any atom is 0.171 e. The SMILES string of the molecule is C=Cc1ccc(OC(C)(C)S(Oc2ccc(-c3ccc(OC(C)(C)S(Oc4ccc(C=C)cc4)(c4ccccc4)c4ccccc4)cc3)cc2)(c2ccccc2)c2ccccc2)cc1. The lowest BCUT2D eigenvalue weighted by molar-refractivity contribution is 0.192. The summed E-state index contributed by atoms with van der Waals surface area (Å²) in [5.41, 5.74) is 4.16. The molecule has 0 amide bonds. The Labute approximate surface area is 382 Å². The topological polar surface area (TPSA) is 36.9 Å². The molecule has 322 valence electrons. The third kappa shape index (κ3) is 8.85. The van der Waals surface area contributed by atoms with Crippen LogP contribution < -0.4 is 17.8 Å². The molecule has 0 spiro atoms. The highest BCUT2D eigenvalue weighted by Crippen LogP contribution is 2.72. The molecule has 0 N–H and O–H groups in total.